The van der Waals surface area contributed by atoms with Crippen LogP contribution in [0.25, 0.3) is 0 Å². The largest absolute Gasteiger partial charge is 0.491 e. The van der Waals surface area contributed by atoms with Crippen LogP contribution in [0, 0.1) is 0 Å². The number of benzene rings is 1. The van der Waals surface area contributed by atoms with Crippen LogP contribution >= 0.6 is 0 Å². The number of nitrogens with one attached hydrogen (secondary N) is 2. The summed E-state index contributed by atoms with van der Waals surface area (Å²) in [5.74, 6) is 0.608. The second-order valence-electron chi connectivity index (χ2n) is 4.89. The zero-order chi connectivity index (χ0) is 16.0. The molecule has 0 bridgehead atoms. The van der Waals surface area contributed by atoms with Crippen LogP contribution in [0.4, 0.5) is 23.7 Å². The minimum absolute atomic E-state index is 0.103. The number of alkyl halides is 3. The molecular formula is C14H17F3N2O3. The van der Waals surface area contributed by atoms with Crippen molar-refractivity contribution in [2.45, 2.75) is 25.1 Å². The number of rotatable bonds is 5. The molecule has 2 amide bonds. The van der Waals surface area contributed by atoms with E-state index >= 15 is 0 Å². The van der Waals surface area contributed by atoms with Gasteiger partial charge in [-0.2, -0.15) is 13.2 Å². The molecular weight excluding hydrogens is 301 g/mol. The first-order chi connectivity index (χ1) is 10.4. The molecule has 22 heavy (non-hydrogen) atoms. The van der Waals surface area contributed by atoms with E-state index in [9.17, 15) is 18.0 Å². The first-order valence-corrected chi connectivity index (χ1v) is 6.88. The van der Waals surface area contributed by atoms with Crippen LogP contribution in [0.5, 0.6) is 5.75 Å². The molecule has 1 atom stereocenters. The second kappa shape index (κ2) is 7.35. The predicted octanol–water partition coefficient (Wildman–Crippen LogP) is 2.93. The minimum Gasteiger partial charge on any atom is -0.491 e. The standard InChI is InChI=1S/C14H17F3N2O3/c15-14(16,17)9-18-13(20)19-10-3-5-11(6-4-10)22-8-12-2-1-7-21-12/h3-6,12H,1-2,7-9H2,(H2,18,19,20)/t12-/m1/s1. The van der Waals surface area contributed by atoms with Gasteiger partial charge in [-0.3, -0.25) is 0 Å². The monoisotopic (exact) mass is 318 g/mol. The molecule has 1 aromatic carbocycles. The average molecular weight is 318 g/mol. The Labute approximate surface area is 125 Å². The Morgan fingerprint density at radius 1 is 1.32 bits per heavy atom. The van der Waals surface area contributed by atoms with Crippen molar-refractivity contribution in [1.82, 2.24) is 5.32 Å². The lowest BCUT2D eigenvalue weighted by Crippen LogP contribution is -2.36. The van der Waals surface area contributed by atoms with E-state index in [1.54, 1.807) is 29.6 Å². The van der Waals surface area contributed by atoms with Crippen LogP contribution in [0.3, 0.4) is 0 Å². The Hall–Kier alpha value is -1.96. The second-order valence-corrected chi connectivity index (χ2v) is 4.89. The van der Waals surface area contributed by atoms with Crippen molar-refractivity contribution in [3.05, 3.63) is 24.3 Å². The number of amides is 2. The van der Waals surface area contributed by atoms with Crippen molar-refractivity contribution in [1.29, 1.82) is 0 Å². The maximum atomic E-state index is 12.0. The van der Waals surface area contributed by atoms with Crippen molar-refractivity contribution in [3.8, 4) is 5.75 Å². The summed E-state index contributed by atoms with van der Waals surface area (Å²) in [7, 11) is 0. The Balaban J connectivity index is 1.74. The van der Waals surface area contributed by atoms with Crippen molar-refractivity contribution >= 4 is 11.7 Å². The molecule has 0 aromatic heterocycles. The molecule has 0 spiro atoms. The van der Waals surface area contributed by atoms with Crippen LogP contribution in [0.15, 0.2) is 24.3 Å². The zero-order valence-corrected chi connectivity index (χ0v) is 11.8. The highest BCUT2D eigenvalue weighted by Gasteiger charge is 2.27. The average Bonchev–Trinajstić information content (AvgIpc) is 2.97. The highest BCUT2D eigenvalue weighted by Crippen LogP contribution is 2.18. The number of anilines is 1. The Bertz CT molecular complexity index is 485. The Morgan fingerprint density at radius 3 is 2.64 bits per heavy atom. The summed E-state index contributed by atoms with van der Waals surface area (Å²) in [6.07, 6.45) is -2.33. The normalized spacial score (nSPS) is 18.0. The van der Waals surface area contributed by atoms with Gasteiger partial charge in [0, 0.05) is 12.3 Å². The quantitative estimate of drug-likeness (QED) is 0.877. The summed E-state index contributed by atoms with van der Waals surface area (Å²) < 4.78 is 46.8. The molecule has 1 aliphatic heterocycles. The van der Waals surface area contributed by atoms with Crippen molar-refractivity contribution in [3.63, 3.8) is 0 Å². The maximum absolute atomic E-state index is 12.0. The van der Waals surface area contributed by atoms with Gasteiger partial charge < -0.3 is 20.1 Å². The van der Waals surface area contributed by atoms with E-state index in [4.69, 9.17) is 9.47 Å². The molecule has 122 valence electrons. The predicted molar refractivity (Wildman–Crippen MR) is 74.0 cm³/mol. The number of urea groups is 1. The van der Waals surface area contributed by atoms with Gasteiger partial charge in [-0.15, -0.1) is 0 Å². The molecule has 1 aromatic rings. The van der Waals surface area contributed by atoms with Gasteiger partial charge in [0.2, 0.25) is 0 Å². The fourth-order valence-electron chi connectivity index (χ4n) is 1.96. The van der Waals surface area contributed by atoms with Gasteiger partial charge >= 0.3 is 12.2 Å². The molecule has 1 fully saturated rings. The summed E-state index contributed by atoms with van der Waals surface area (Å²) >= 11 is 0. The van der Waals surface area contributed by atoms with Gasteiger partial charge in [0.15, 0.2) is 0 Å². The first kappa shape index (κ1) is 16.4. The summed E-state index contributed by atoms with van der Waals surface area (Å²) in [6, 6.07) is 5.46. The molecule has 0 unspecified atom stereocenters. The van der Waals surface area contributed by atoms with Gasteiger partial charge in [0.05, 0.1) is 6.10 Å². The fourth-order valence-corrected chi connectivity index (χ4v) is 1.96. The number of hydrogen-bond acceptors (Lipinski definition) is 3. The van der Waals surface area contributed by atoms with E-state index in [-0.39, 0.29) is 6.10 Å². The molecule has 2 N–H and O–H groups in total. The van der Waals surface area contributed by atoms with Crippen LogP contribution in [0.2, 0.25) is 0 Å². The van der Waals surface area contributed by atoms with Gasteiger partial charge in [0.25, 0.3) is 0 Å². The number of hydrogen-bond donors (Lipinski definition) is 2. The highest BCUT2D eigenvalue weighted by molar-refractivity contribution is 5.89. The zero-order valence-electron chi connectivity index (χ0n) is 11.8. The van der Waals surface area contributed by atoms with Crippen LogP contribution < -0.4 is 15.4 Å². The molecule has 1 aliphatic rings. The van der Waals surface area contributed by atoms with E-state index in [0.717, 1.165) is 19.4 Å². The summed E-state index contributed by atoms with van der Waals surface area (Å²) in [5, 5.41) is 4.03. The van der Waals surface area contributed by atoms with Crippen LogP contribution in [-0.4, -0.2) is 38.1 Å². The molecule has 1 heterocycles. The van der Waals surface area contributed by atoms with E-state index in [1.807, 2.05) is 0 Å². The molecule has 0 saturated carbocycles. The fraction of sp³-hybridized carbons (Fsp3) is 0.500. The summed E-state index contributed by atoms with van der Waals surface area (Å²) in [4.78, 5) is 11.3. The third-order valence-electron chi connectivity index (χ3n) is 3.02. The highest BCUT2D eigenvalue weighted by atomic mass is 19.4. The molecule has 5 nitrogen and oxygen atoms in total. The SMILES string of the molecule is O=C(NCC(F)(F)F)Nc1ccc(OC[C@H]2CCCO2)cc1. The van der Waals surface area contributed by atoms with Gasteiger partial charge in [-0.25, -0.2) is 4.79 Å². The molecule has 2 rings (SSSR count). The van der Waals surface area contributed by atoms with Crippen molar-refractivity contribution < 1.29 is 27.4 Å². The van der Waals surface area contributed by atoms with Gasteiger partial charge in [-0.1, -0.05) is 0 Å². The number of carbonyl (C=O) groups is 1. The molecule has 0 radical (unpaired) electrons. The van der Waals surface area contributed by atoms with E-state index in [2.05, 4.69) is 5.32 Å². The topological polar surface area (TPSA) is 59.6 Å². The van der Waals surface area contributed by atoms with Gasteiger partial charge in [-0.05, 0) is 37.1 Å². The lowest BCUT2D eigenvalue weighted by Gasteiger charge is -2.12. The molecule has 1 saturated heterocycles. The first-order valence-electron chi connectivity index (χ1n) is 6.88. The minimum atomic E-state index is -4.43. The third-order valence-corrected chi connectivity index (χ3v) is 3.02. The molecule has 8 heteroatoms. The Kier molecular flexibility index (Phi) is 5.48. The number of carbonyl (C=O) groups excluding carboxylic acids is 1. The number of halogens is 3. The third kappa shape index (κ3) is 5.80. The van der Waals surface area contributed by atoms with E-state index in [1.165, 1.54) is 0 Å². The smallest absolute Gasteiger partial charge is 0.405 e. The van der Waals surface area contributed by atoms with Crippen molar-refractivity contribution in [2.75, 3.05) is 25.1 Å². The molecule has 0 aliphatic carbocycles. The summed E-state index contributed by atoms with van der Waals surface area (Å²) in [6.45, 7) is -0.163. The summed E-state index contributed by atoms with van der Waals surface area (Å²) in [5.41, 5.74) is 0.379. The van der Waals surface area contributed by atoms with E-state index < -0.39 is 18.8 Å². The maximum Gasteiger partial charge on any atom is 0.405 e. The lowest BCUT2D eigenvalue weighted by atomic mass is 10.2. The van der Waals surface area contributed by atoms with Gasteiger partial charge in [0.1, 0.15) is 18.9 Å². The Morgan fingerprint density at radius 2 is 2.05 bits per heavy atom. The number of ether oxygens (including phenoxy) is 2. The van der Waals surface area contributed by atoms with Crippen LogP contribution in [0.1, 0.15) is 12.8 Å². The van der Waals surface area contributed by atoms with Crippen LogP contribution in [-0.2, 0) is 4.74 Å². The lowest BCUT2D eigenvalue weighted by molar-refractivity contribution is -0.122. The van der Waals surface area contributed by atoms with E-state index in [0.29, 0.717) is 18.0 Å². The van der Waals surface area contributed by atoms with Crippen molar-refractivity contribution in [2.24, 2.45) is 0 Å².